The van der Waals surface area contributed by atoms with Crippen molar-refractivity contribution in [3.05, 3.63) is 65.2 Å². The second-order valence-corrected chi connectivity index (χ2v) is 4.84. The van der Waals surface area contributed by atoms with Gasteiger partial charge < -0.3 is 10.1 Å². The lowest BCUT2D eigenvalue weighted by Crippen LogP contribution is -2.26. The van der Waals surface area contributed by atoms with Crippen molar-refractivity contribution in [1.82, 2.24) is 5.32 Å². The van der Waals surface area contributed by atoms with Crippen LogP contribution in [-0.4, -0.2) is 12.5 Å². The Morgan fingerprint density at radius 2 is 1.91 bits per heavy atom. The van der Waals surface area contributed by atoms with Crippen LogP contribution in [0.15, 0.2) is 48.5 Å². The van der Waals surface area contributed by atoms with Gasteiger partial charge in [-0.25, -0.2) is 0 Å². The zero-order chi connectivity index (χ0) is 16.8. The number of nitrogens with zero attached hydrogens (tertiary/aromatic N) is 1. The Balaban J connectivity index is 2.07. The molecule has 0 aliphatic rings. The summed E-state index contributed by atoms with van der Waals surface area (Å²) in [5, 5.41) is 11.5. The molecule has 6 heteroatoms. The molecule has 0 spiro atoms. The zero-order valence-electron chi connectivity index (χ0n) is 12.3. The number of hydrogen-bond donors (Lipinski definition) is 1. The second kappa shape index (κ2) is 7.36. The Morgan fingerprint density at radius 3 is 2.52 bits per heavy atom. The number of nitriles is 1. The maximum absolute atomic E-state index is 12.2. The summed E-state index contributed by atoms with van der Waals surface area (Å²) in [6, 6.07) is 14.1. The van der Waals surface area contributed by atoms with E-state index in [0.717, 1.165) is 5.56 Å². The fraction of sp³-hybridized carbons (Fsp3) is 0.176. The second-order valence-electron chi connectivity index (χ2n) is 4.84. The van der Waals surface area contributed by atoms with Crippen LogP contribution in [0.25, 0.3) is 0 Å². The number of hydrogen-bond acceptors (Lipinski definition) is 3. The van der Waals surface area contributed by atoms with E-state index >= 15 is 0 Å². The summed E-state index contributed by atoms with van der Waals surface area (Å²) < 4.78 is 28.7. The van der Waals surface area contributed by atoms with Crippen LogP contribution in [0.5, 0.6) is 5.75 Å². The van der Waals surface area contributed by atoms with Crippen molar-refractivity contribution in [2.45, 2.75) is 19.6 Å². The number of benzene rings is 2. The topological polar surface area (TPSA) is 62.1 Å². The van der Waals surface area contributed by atoms with Crippen molar-refractivity contribution in [3.8, 4) is 11.8 Å². The van der Waals surface area contributed by atoms with Crippen molar-refractivity contribution in [2.75, 3.05) is 0 Å². The molecule has 1 unspecified atom stereocenters. The largest absolute Gasteiger partial charge is 0.435 e. The molecule has 0 radical (unpaired) electrons. The Labute approximate surface area is 132 Å². The molecule has 0 saturated heterocycles. The van der Waals surface area contributed by atoms with Gasteiger partial charge in [0.05, 0.1) is 17.7 Å². The molecule has 1 amide bonds. The van der Waals surface area contributed by atoms with E-state index in [0.29, 0.717) is 5.56 Å². The van der Waals surface area contributed by atoms with E-state index in [9.17, 15) is 13.6 Å². The molecule has 2 aromatic rings. The summed E-state index contributed by atoms with van der Waals surface area (Å²) >= 11 is 0. The Hall–Kier alpha value is -2.94. The maximum atomic E-state index is 12.2. The molecule has 0 aliphatic heterocycles. The van der Waals surface area contributed by atoms with Gasteiger partial charge in [-0.15, -0.1) is 0 Å². The number of rotatable bonds is 5. The SMILES string of the molecule is CC(NC(=O)c1cccc(OC(F)F)c1)c1ccc(C#N)cc1. The number of carbonyl (C=O) groups is 1. The third kappa shape index (κ3) is 4.51. The number of ether oxygens (including phenoxy) is 1. The summed E-state index contributed by atoms with van der Waals surface area (Å²) in [4.78, 5) is 12.2. The summed E-state index contributed by atoms with van der Waals surface area (Å²) in [7, 11) is 0. The van der Waals surface area contributed by atoms with Gasteiger partial charge in [-0.05, 0) is 42.8 Å². The molecular formula is C17H14F2N2O2. The molecule has 0 bridgehead atoms. The van der Waals surface area contributed by atoms with Crippen LogP contribution in [0.3, 0.4) is 0 Å². The third-order valence-corrected chi connectivity index (χ3v) is 3.21. The lowest BCUT2D eigenvalue weighted by Gasteiger charge is -2.15. The summed E-state index contributed by atoms with van der Waals surface area (Å²) in [6.45, 7) is -1.15. The van der Waals surface area contributed by atoms with Crippen molar-refractivity contribution in [3.63, 3.8) is 0 Å². The summed E-state index contributed by atoms with van der Waals surface area (Å²) in [5.41, 5.74) is 1.59. The Bertz CT molecular complexity index is 724. The molecule has 0 heterocycles. The first-order valence-corrected chi connectivity index (χ1v) is 6.85. The van der Waals surface area contributed by atoms with E-state index in [-0.39, 0.29) is 17.4 Å². The van der Waals surface area contributed by atoms with Crippen LogP contribution >= 0.6 is 0 Å². The van der Waals surface area contributed by atoms with Gasteiger partial charge in [-0.2, -0.15) is 14.0 Å². The third-order valence-electron chi connectivity index (χ3n) is 3.21. The smallest absolute Gasteiger partial charge is 0.387 e. The van der Waals surface area contributed by atoms with Crippen LogP contribution in [0.1, 0.15) is 34.5 Å². The van der Waals surface area contributed by atoms with Crippen molar-refractivity contribution in [1.29, 1.82) is 5.26 Å². The van der Waals surface area contributed by atoms with E-state index < -0.39 is 12.5 Å². The predicted octanol–water partition coefficient (Wildman–Crippen LogP) is 3.65. The van der Waals surface area contributed by atoms with Crippen molar-refractivity contribution >= 4 is 5.91 Å². The molecule has 0 saturated carbocycles. The van der Waals surface area contributed by atoms with Gasteiger partial charge in [-0.1, -0.05) is 18.2 Å². The highest BCUT2D eigenvalue weighted by atomic mass is 19.3. The van der Waals surface area contributed by atoms with Crippen molar-refractivity contribution < 1.29 is 18.3 Å². The number of alkyl halides is 2. The van der Waals surface area contributed by atoms with Crippen LogP contribution in [0.2, 0.25) is 0 Å². The van der Waals surface area contributed by atoms with Crippen molar-refractivity contribution in [2.24, 2.45) is 0 Å². The molecule has 2 aromatic carbocycles. The molecule has 1 atom stereocenters. The number of amides is 1. The number of carbonyl (C=O) groups excluding carboxylic acids is 1. The minimum absolute atomic E-state index is 0.0707. The average Bonchev–Trinajstić information content (AvgIpc) is 2.54. The highest BCUT2D eigenvalue weighted by Gasteiger charge is 2.13. The summed E-state index contributed by atoms with van der Waals surface area (Å²) in [5.74, 6) is -0.472. The maximum Gasteiger partial charge on any atom is 0.387 e. The molecular weight excluding hydrogens is 302 g/mol. The first kappa shape index (κ1) is 16.4. The van der Waals surface area contributed by atoms with E-state index in [4.69, 9.17) is 5.26 Å². The average molecular weight is 316 g/mol. The molecule has 118 valence electrons. The van der Waals surface area contributed by atoms with Gasteiger partial charge in [0.2, 0.25) is 0 Å². The normalized spacial score (nSPS) is 11.6. The minimum atomic E-state index is -2.94. The molecule has 23 heavy (non-hydrogen) atoms. The Kier molecular flexibility index (Phi) is 5.26. The van der Waals surface area contributed by atoms with E-state index in [1.54, 1.807) is 31.2 Å². The van der Waals surface area contributed by atoms with Crippen LogP contribution in [0, 0.1) is 11.3 Å². The van der Waals surface area contributed by atoms with Crippen LogP contribution < -0.4 is 10.1 Å². The van der Waals surface area contributed by atoms with Gasteiger partial charge in [0, 0.05) is 5.56 Å². The molecule has 0 aromatic heterocycles. The highest BCUT2D eigenvalue weighted by Crippen LogP contribution is 2.18. The monoisotopic (exact) mass is 316 g/mol. The van der Waals surface area contributed by atoms with E-state index in [1.807, 2.05) is 6.07 Å². The predicted molar refractivity (Wildman–Crippen MR) is 80.1 cm³/mol. The van der Waals surface area contributed by atoms with E-state index in [2.05, 4.69) is 10.1 Å². The zero-order valence-corrected chi connectivity index (χ0v) is 12.3. The fourth-order valence-corrected chi connectivity index (χ4v) is 2.02. The molecule has 0 fully saturated rings. The van der Waals surface area contributed by atoms with E-state index in [1.165, 1.54) is 24.3 Å². The quantitative estimate of drug-likeness (QED) is 0.916. The minimum Gasteiger partial charge on any atom is -0.435 e. The van der Waals surface area contributed by atoms with Gasteiger partial charge in [-0.3, -0.25) is 4.79 Å². The molecule has 1 N–H and O–H groups in total. The van der Waals surface area contributed by atoms with Gasteiger partial charge in [0.15, 0.2) is 0 Å². The number of nitrogens with one attached hydrogen (secondary N) is 1. The highest BCUT2D eigenvalue weighted by molar-refractivity contribution is 5.94. The van der Waals surface area contributed by atoms with Gasteiger partial charge in [0.25, 0.3) is 5.91 Å². The Morgan fingerprint density at radius 1 is 1.22 bits per heavy atom. The summed E-state index contributed by atoms with van der Waals surface area (Å²) in [6.07, 6.45) is 0. The molecule has 0 aliphatic carbocycles. The first-order valence-electron chi connectivity index (χ1n) is 6.85. The number of halogens is 2. The standard InChI is InChI=1S/C17H14F2N2O2/c1-11(13-7-5-12(10-20)6-8-13)21-16(22)14-3-2-4-15(9-14)23-17(18)19/h2-9,11,17H,1H3,(H,21,22). The van der Waals surface area contributed by atoms with Crippen LogP contribution in [0.4, 0.5) is 8.78 Å². The van der Waals surface area contributed by atoms with Gasteiger partial charge >= 0.3 is 6.61 Å². The lowest BCUT2D eigenvalue weighted by atomic mass is 10.1. The van der Waals surface area contributed by atoms with Gasteiger partial charge in [0.1, 0.15) is 5.75 Å². The lowest BCUT2D eigenvalue weighted by molar-refractivity contribution is -0.0498. The van der Waals surface area contributed by atoms with Crippen LogP contribution in [-0.2, 0) is 0 Å². The molecule has 2 rings (SSSR count). The fourth-order valence-electron chi connectivity index (χ4n) is 2.02. The molecule has 4 nitrogen and oxygen atoms in total. The first-order chi connectivity index (χ1) is 11.0.